The van der Waals surface area contributed by atoms with E-state index in [-0.39, 0.29) is 31.1 Å². The fourth-order valence-electron chi connectivity index (χ4n) is 8.58. The zero-order valence-corrected chi connectivity index (χ0v) is 43.4. The van der Waals surface area contributed by atoms with E-state index in [0.29, 0.717) is 19.3 Å². The van der Waals surface area contributed by atoms with Crippen molar-refractivity contribution in [1.82, 2.24) is 0 Å². The summed E-state index contributed by atoms with van der Waals surface area (Å²) in [4.78, 5) is 38.1. The fraction of sp³-hybridized carbons (Fsp3) is 0.947. The quantitative estimate of drug-likeness (QED) is 0.0344. The normalized spacial score (nSPS) is 13.0. The number of ether oxygens (including phenoxy) is 3. The second-order valence-electron chi connectivity index (χ2n) is 20.5. The minimum Gasteiger partial charge on any atom is -0.462 e. The molecule has 0 aliphatic rings. The minimum atomic E-state index is -0.764. The molecule has 0 aliphatic carbocycles. The molecule has 0 N–H and O–H groups in total. The van der Waals surface area contributed by atoms with Gasteiger partial charge in [0.15, 0.2) is 6.10 Å². The summed E-state index contributed by atoms with van der Waals surface area (Å²) in [7, 11) is 0. The summed E-state index contributed by atoms with van der Waals surface area (Å²) in [6, 6.07) is 0. The van der Waals surface area contributed by atoms with Crippen molar-refractivity contribution in [3.05, 3.63) is 0 Å². The highest BCUT2D eigenvalue weighted by Gasteiger charge is 2.19. The Bertz CT molecular complexity index is 980. The van der Waals surface area contributed by atoms with Crippen LogP contribution in [0.15, 0.2) is 0 Å². The molecule has 0 fully saturated rings. The topological polar surface area (TPSA) is 78.9 Å². The maximum absolute atomic E-state index is 12.8. The first-order chi connectivity index (χ1) is 30.7. The van der Waals surface area contributed by atoms with Gasteiger partial charge in [0, 0.05) is 19.3 Å². The summed E-state index contributed by atoms with van der Waals surface area (Å²) in [6.45, 7) is 13.8. The third-order valence-corrected chi connectivity index (χ3v) is 13.6. The molecule has 6 heteroatoms. The molecule has 0 aromatic heterocycles. The molecule has 0 amide bonds. The van der Waals surface area contributed by atoms with E-state index >= 15 is 0 Å². The first-order valence-corrected chi connectivity index (χ1v) is 28.2. The van der Waals surface area contributed by atoms with Crippen molar-refractivity contribution in [3.63, 3.8) is 0 Å². The number of hydrogen-bond acceptors (Lipinski definition) is 6. The van der Waals surface area contributed by atoms with Gasteiger partial charge in [0.25, 0.3) is 0 Å². The molecule has 0 saturated carbocycles. The summed E-state index contributed by atoms with van der Waals surface area (Å²) < 4.78 is 16.9. The highest BCUT2D eigenvalue weighted by Crippen LogP contribution is 2.19. The van der Waals surface area contributed by atoms with Gasteiger partial charge in [-0.05, 0) is 37.0 Å². The van der Waals surface area contributed by atoms with Crippen molar-refractivity contribution in [1.29, 1.82) is 0 Å². The predicted octanol–water partition coefficient (Wildman–Crippen LogP) is 18.3. The SMILES string of the molecule is CCC(C)CCCCCCCCCCCCCCCCC(=O)OC[C@@H](COC(=O)CCCCCCCCCCC(C)CC)OC(=O)CCCCCCCCCCCCCCC(C)C. The van der Waals surface area contributed by atoms with Gasteiger partial charge in [0.2, 0.25) is 0 Å². The van der Waals surface area contributed by atoms with E-state index in [1.165, 1.54) is 193 Å². The van der Waals surface area contributed by atoms with Crippen LogP contribution in [0, 0.1) is 17.8 Å². The zero-order chi connectivity index (χ0) is 46.3. The standard InChI is InChI=1S/C57H110O6/c1-7-52(5)44-38-32-26-20-16-11-9-10-12-17-21-28-34-40-46-55(58)61-49-54(50-62-56(59)47-41-35-29-24-23-27-33-39-45-53(6)8-2)63-57(60)48-42-36-30-22-18-14-13-15-19-25-31-37-43-51(3)4/h51-54H,7-50H2,1-6H3/t52?,53?,54-/m0/s1. The van der Waals surface area contributed by atoms with E-state index in [1.807, 2.05) is 0 Å². The monoisotopic (exact) mass is 891 g/mol. The van der Waals surface area contributed by atoms with Crippen molar-refractivity contribution in [2.75, 3.05) is 13.2 Å². The molecule has 0 bridgehead atoms. The molecular formula is C57H110O6. The number of carbonyl (C=O) groups excluding carboxylic acids is 3. The van der Waals surface area contributed by atoms with Crippen molar-refractivity contribution >= 4 is 17.9 Å². The highest BCUT2D eigenvalue weighted by molar-refractivity contribution is 5.71. The molecule has 0 saturated heterocycles. The van der Waals surface area contributed by atoms with Crippen LogP contribution in [0.25, 0.3) is 0 Å². The highest BCUT2D eigenvalue weighted by atomic mass is 16.6. The lowest BCUT2D eigenvalue weighted by molar-refractivity contribution is -0.167. The Kier molecular flexibility index (Phi) is 47.1. The Labute approximate surface area is 393 Å². The maximum atomic E-state index is 12.8. The number of unbranched alkanes of at least 4 members (excludes halogenated alkanes) is 31. The molecule has 374 valence electrons. The van der Waals surface area contributed by atoms with Gasteiger partial charge in [0.05, 0.1) is 0 Å². The number of carbonyl (C=O) groups is 3. The molecule has 0 aromatic rings. The molecule has 63 heavy (non-hydrogen) atoms. The average molecular weight is 892 g/mol. The number of rotatable bonds is 50. The Morgan fingerprint density at radius 2 is 0.556 bits per heavy atom. The lowest BCUT2D eigenvalue weighted by atomic mass is 9.99. The van der Waals surface area contributed by atoms with Crippen LogP contribution >= 0.6 is 0 Å². The van der Waals surface area contributed by atoms with Crippen LogP contribution in [0.4, 0.5) is 0 Å². The molecule has 0 aliphatic heterocycles. The Hall–Kier alpha value is -1.59. The Balaban J connectivity index is 4.30. The van der Waals surface area contributed by atoms with Crippen LogP contribution in [0.1, 0.15) is 311 Å². The molecule has 0 aromatic carbocycles. The van der Waals surface area contributed by atoms with Crippen LogP contribution in [0.5, 0.6) is 0 Å². The lowest BCUT2D eigenvalue weighted by Crippen LogP contribution is -2.30. The van der Waals surface area contributed by atoms with Crippen LogP contribution in [0.2, 0.25) is 0 Å². The van der Waals surface area contributed by atoms with Crippen LogP contribution in [0.3, 0.4) is 0 Å². The Morgan fingerprint density at radius 3 is 0.825 bits per heavy atom. The van der Waals surface area contributed by atoms with Gasteiger partial charge in [-0.3, -0.25) is 14.4 Å². The molecule has 3 atom stereocenters. The van der Waals surface area contributed by atoms with Crippen LogP contribution in [-0.4, -0.2) is 37.2 Å². The lowest BCUT2D eigenvalue weighted by Gasteiger charge is -2.18. The van der Waals surface area contributed by atoms with E-state index in [2.05, 4.69) is 41.5 Å². The fourth-order valence-corrected chi connectivity index (χ4v) is 8.58. The van der Waals surface area contributed by atoms with E-state index in [1.54, 1.807) is 0 Å². The minimum absolute atomic E-state index is 0.0641. The molecule has 6 nitrogen and oxygen atoms in total. The van der Waals surface area contributed by atoms with E-state index in [9.17, 15) is 14.4 Å². The summed E-state index contributed by atoms with van der Waals surface area (Å²) in [5, 5.41) is 0. The molecule has 0 rings (SSSR count). The molecule has 0 heterocycles. The van der Waals surface area contributed by atoms with E-state index in [0.717, 1.165) is 75.5 Å². The van der Waals surface area contributed by atoms with Gasteiger partial charge in [0.1, 0.15) is 13.2 Å². The van der Waals surface area contributed by atoms with E-state index < -0.39 is 6.10 Å². The van der Waals surface area contributed by atoms with Gasteiger partial charge in [-0.2, -0.15) is 0 Å². The van der Waals surface area contributed by atoms with Crippen LogP contribution in [-0.2, 0) is 28.6 Å². The molecule has 2 unspecified atom stereocenters. The van der Waals surface area contributed by atoms with Crippen molar-refractivity contribution in [2.45, 2.75) is 317 Å². The number of esters is 3. The predicted molar refractivity (Wildman–Crippen MR) is 270 cm³/mol. The third-order valence-electron chi connectivity index (χ3n) is 13.6. The van der Waals surface area contributed by atoms with E-state index in [4.69, 9.17) is 14.2 Å². The van der Waals surface area contributed by atoms with Crippen molar-refractivity contribution in [3.8, 4) is 0 Å². The van der Waals surface area contributed by atoms with Crippen molar-refractivity contribution in [2.24, 2.45) is 17.8 Å². The molecular weight excluding hydrogens is 781 g/mol. The second kappa shape index (κ2) is 48.3. The van der Waals surface area contributed by atoms with Gasteiger partial charge < -0.3 is 14.2 Å². The molecule has 0 radical (unpaired) electrons. The Morgan fingerprint density at radius 1 is 0.317 bits per heavy atom. The first-order valence-electron chi connectivity index (χ1n) is 28.2. The van der Waals surface area contributed by atoms with Gasteiger partial charge in [-0.25, -0.2) is 0 Å². The zero-order valence-electron chi connectivity index (χ0n) is 43.4. The van der Waals surface area contributed by atoms with Gasteiger partial charge in [-0.15, -0.1) is 0 Å². The first kappa shape index (κ1) is 61.4. The van der Waals surface area contributed by atoms with Gasteiger partial charge >= 0.3 is 17.9 Å². The average Bonchev–Trinajstić information content (AvgIpc) is 3.27. The summed E-state index contributed by atoms with van der Waals surface area (Å²) in [6.07, 6.45) is 49.4. The third kappa shape index (κ3) is 48.2. The maximum Gasteiger partial charge on any atom is 0.306 e. The molecule has 0 spiro atoms. The second-order valence-corrected chi connectivity index (χ2v) is 20.5. The summed E-state index contributed by atoms with van der Waals surface area (Å²) in [5.41, 5.74) is 0. The summed E-state index contributed by atoms with van der Waals surface area (Å²) in [5.74, 6) is 1.73. The van der Waals surface area contributed by atoms with Crippen molar-refractivity contribution < 1.29 is 28.6 Å². The summed E-state index contributed by atoms with van der Waals surface area (Å²) >= 11 is 0. The smallest absolute Gasteiger partial charge is 0.306 e. The van der Waals surface area contributed by atoms with Crippen LogP contribution < -0.4 is 0 Å². The largest absolute Gasteiger partial charge is 0.462 e. The van der Waals surface area contributed by atoms with Gasteiger partial charge in [-0.1, -0.05) is 273 Å². The number of hydrogen-bond donors (Lipinski definition) is 0.